The Labute approximate surface area is 112 Å². The lowest BCUT2D eigenvalue weighted by Gasteiger charge is -2.10. The van der Waals surface area contributed by atoms with Crippen molar-refractivity contribution in [1.29, 1.82) is 0 Å². The number of hydrogen-bond donors (Lipinski definition) is 2. The second-order valence-corrected chi connectivity index (χ2v) is 4.43. The van der Waals surface area contributed by atoms with E-state index >= 15 is 0 Å². The summed E-state index contributed by atoms with van der Waals surface area (Å²) in [6, 6.07) is 13.4. The lowest BCUT2D eigenvalue weighted by molar-refractivity contribution is 0.185. The lowest BCUT2D eigenvalue weighted by atomic mass is 10.2. The minimum absolute atomic E-state index is 0.589. The molecule has 0 aliphatic carbocycles. The molecule has 0 saturated heterocycles. The van der Waals surface area contributed by atoms with Crippen molar-refractivity contribution >= 4 is 28.7 Å². The normalized spacial score (nSPS) is 10.3. The smallest absolute Gasteiger partial charge is 0.0713 e. The van der Waals surface area contributed by atoms with Gasteiger partial charge < -0.3 is 15.8 Å². The third-order valence-corrected chi connectivity index (χ3v) is 2.77. The van der Waals surface area contributed by atoms with Crippen molar-refractivity contribution in [2.45, 2.75) is 6.61 Å². The van der Waals surface area contributed by atoms with Gasteiger partial charge >= 0.3 is 0 Å². The molecule has 0 aromatic heterocycles. The van der Waals surface area contributed by atoms with Gasteiger partial charge in [0.05, 0.1) is 18.0 Å². The van der Waals surface area contributed by atoms with Crippen molar-refractivity contribution in [3.05, 3.63) is 53.1 Å². The quantitative estimate of drug-likeness (QED) is 0.824. The van der Waals surface area contributed by atoms with E-state index in [4.69, 9.17) is 22.1 Å². The van der Waals surface area contributed by atoms with E-state index in [1.807, 2.05) is 30.3 Å². The largest absolute Gasteiger partial charge is 0.397 e. The molecular formula is C14H15ClN2O. The summed E-state index contributed by atoms with van der Waals surface area (Å²) in [6.07, 6.45) is 0. The van der Waals surface area contributed by atoms with Crippen LogP contribution < -0.4 is 11.1 Å². The summed E-state index contributed by atoms with van der Waals surface area (Å²) in [5, 5.41) is 3.89. The van der Waals surface area contributed by atoms with Crippen molar-refractivity contribution in [2.75, 3.05) is 18.2 Å². The van der Waals surface area contributed by atoms with Gasteiger partial charge in [-0.25, -0.2) is 0 Å². The highest BCUT2D eigenvalue weighted by Gasteiger charge is 2.01. The van der Waals surface area contributed by atoms with Crippen LogP contribution in [0.1, 0.15) is 5.56 Å². The number of methoxy groups -OCH3 is 1. The number of nitrogens with one attached hydrogen (secondary N) is 1. The summed E-state index contributed by atoms with van der Waals surface area (Å²) in [5.41, 5.74) is 9.44. The molecule has 3 N–H and O–H groups in total. The second-order valence-electron chi connectivity index (χ2n) is 3.99. The van der Waals surface area contributed by atoms with Gasteiger partial charge in [0, 0.05) is 17.8 Å². The zero-order valence-corrected chi connectivity index (χ0v) is 10.9. The summed E-state index contributed by atoms with van der Waals surface area (Å²) in [5.74, 6) is 0. The van der Waals surface area contributed by atoms with Crippen molar-refractivity contribution in [3.8, 4) is 0 Å². The third-order valence-electron chi connectivity index (χ3n) is 2.53. The maximum absolute atomic E-state index is 5.89. The first-order valence-electron chi connectivity index (χ1n) is 5.59. The molecule has 0 fully saturated rings. The van der Waals surface area contributed by atoms with Gasteiger partial charge in [-0.1, -0.05) is 23.7 Å². The number of nitrogens with two attached hydrogens (primary N) is 1. The molecule has 94 valence electrons. The van der Waals surface area contributed by atoms with E-state index in [2.05, 4.69) is 5.32 Å². The van der Waals surface area contributed by atoms with E-state index in [-0.39, 0.29) is 0 Å². The van der Waals surface area contributed by atoms with Crippen LogP contribution in [0.3, 0.4) is 0 Å². The van der Waals surface area contributed by atoms with Gasteiger partial charge in [0.25, 0.3) is 0 Å². The predicted molar refractivity (Wildman–Crippen MR) is 76.3 cm³/mol. The van der Waals surface area contributed by atoms with Gasteiger partial charge in [0.2, 0.25) is 0 Å². The number of benzene rings is 2. The van der Waals surface area contributed by atoms with Gasteiger partial charge in [-0.2, -0.15) is 0 Å². The fraction of sp³-hybridized carbons (Fsp3) is 0.143. The summed E-state index contributed by atoms with van der Waals surface area (Å²) >= 11 is 5.86. The van der Waals surface area contributed by atoms with E-state index < -0.39 is 0 Å². The highest BCUT2D eigenvalue weighted by atomic mass is 35.5. The standard InChI is InChI=1S/C14H15ClN2O/c1-18-9-10-3-2-4-12(7-10)17-14-6-5-11(15)8-13(14)16/h2-8,17H,9,16H2,1H3. The molecule has 4 heteroatoms. The molecule has 2 rings (SSSR count). The van der Waals surface area contributed by atoms with Crippen LogP contribution in [0.2, 0.25) is 5.02 Å². The fourth-order valence-electron chi connectivity index (χ4n) is 1.71. The van der Waals surface area contributed by atoms with Crippen LogP contribution >= 0.6 is 11.6 Å². The average molecular weight is 263 g/mol. The number of nitrogen functional groups attached to an aromatic ring is 1. The Morgan fingerprint density at radius 2 is 2.06 bits per heavy atom. The van der Waals surface area contributed by atoms with Crippen LogP contribution in [-0.4, -0.2) is 7.11 Å². The highest BCUT2D eigenvalue weighted by molar-refractivity contribution is 6.31. The average Bonchev–Trinajstić information content (AvgIpc) is 2.34. The first-order valence-corrected chi connectivity index (χ1v) is 5.97. The van der Waals surface area contributed by atoms with E-state index in [9.17, 15) is 0 Å². The van der Waals surface area contributed by atoms with E-state index in [1.54, 1.807) is 19.2 Å². The van der Waals surface area contributed by atoms with Gasteiger partial charge in [0.15, 0.2) is 0 Å². The maximum atomic E-state index is 5.89. The van der Waals surface area contributed by atoms with Gasteiger partial charge in [-0.05, 0) is 35.9 Å². The topological polar surface area (TPSA) is 47.3 Å². The molecule has 0 bridgehead atoms. The van der Waals surface area contributed by atoms with Gasteiger partial charge in [-0.3, -0.25) is 0 Å². The zero-order chi connectivity index (χ0) is 13.0. The fourth-order valence-corrected chi connectivity index (χ4v) is 1.89. The Balaban J connectivity index is 2.20. The van der Waals surface area contributed by atoms with Crippen molar-refractivity contribution in [1.82, 2.24) is 0 Å². The molecule has 0 amide bonds. The van der Waals surface area contributed by atoms with Crippen LogP contribution in [0.4, 0.5) is 17.1 Å². The number of anilines is 3. The Bertz CT molecular complexity index is 543. The van der Waals surface area contributed by atoms with Crippen LogP contribution in [-0.2, 0) is 11.3 Å². The van der Waals surface area contributed by atoms with Gasteiger partial charge in [-0.15, -0.1) is 0 Å². The summed E-state index contributed by atoms with van der Waals surface area (Å²) < 4.78 is 5.10. The predicted octanol–water partition coefficient (Wildman–Crippen LogP) is 3.81. The van der Waals surface area contributed by atoms with E-state index in [0.717, 1.165) is 16.9 Å². The minimum atomic E-state index is 0.589. The Kier molecular flexibility index (Phi) is 4.07. The minimum Gasteiger partial charge on any atom is -0.397 e. The van der Waals surface area contributed by atoms with Gasteiger partial charge in [0.1, 0.15) is 0 Å². The summed E-state index contributed by atoms with van der Waals surface area (Å²) in [7, 11) is 1.68. The molecule has 0 aliphatic heterocycles. The lowest BCUT2D eigenvalue weighted by Crippen LogP contribution is -1.97. The Morgan fingerprint density at radius 1 is 1.22 bits per heavy atom. The number of rotatable bonds is 4. The van der Waals surface area contributed by atoms with Crippen LogP contribution in [0.15, 0.2) is 42.5 Å². The first kappa shape index (κ1) is 12.7. The molecule has 2 aromatic carbocycles. The molecule has 0 aliphatic rings. The number of hydrogen-bond acceptors (Lipinski definition) is 3. The molecule has 0 unspecified atom stereocenters. The molecule has 3 nitrogen and oxygen atoms in total. The summed E-state index contributed by atoms with van der Waals surface area (Å²) in [4.78, 5) is 0. The molecular weight excluding hydrogens is 248 g/mol. The van der Waals surface area contributed by atoms with Crippen molar-refractivity contribution < 1.29 is 4.74 Å². The SMILES string of the molecule is COCc1cccc(Nc2ccc(Cl)cc2N)c1. The first-order chi connectivity index (χ1) is 8.69. The zero-order valence-electron chi connectivity index (χ0n) is 10.1. The molecule has 0 heterocycles. The van der Waals surface area contributed by atoms with Crippen LogP contribution in [0.25, 0.3) is 0 Å². The van der Waals surface area contributed by atoms with E-state index in [0.29, 0.717) is 17.3 Å². The molecule has 2 aromatic rings. The maximum Gasteiger partial charge on any atom is 0.0713 e. The molecule has 0 radical (unpaired) electrons. The highest BCUT2D eigenvalue weighted by Crippen LogP contribution is 2.26. The van der Waals surface area contributed by atoms with Crippen LogP contribution in [0.5, 0.6) is 0 Å². The Hall–Kier alpha value is -1.71. The van der Waals surface area contributed by atoms with E-state index in [1.165, 1.54) is 0 Å². The number of halogens is 1. The number of ether oxygens (including phenoxy) is 1. The van der Waals surface area contributed by atoms with Crippen LogP contribution in [0, 0.1) is 0 Å². The van der Waals surface area contributed by atoms with Crippen molar-refractivity contribution in [3.63, 3.8) is 0 Å². The molecule has 18 heavy (non-hydrogen) atoms. The monoisotopic (exact) mass is 262 g/mol. The molecule has 0 atom stereocenters. The molecule has 0 spiro atoms. The van der Waals surface area contributed by atoms with Crippen molar-refractivity contribution in [2.24, 2.45) is 0 Å². The third kappa shape index (κ3) is 3.15. The summed E-state index contributed by atoms with van der Waals surface area (Å²) in [6.45, 7) is 0.589. The second kappa shape index (κ2) is 5.76. The molecule has 0 saturated carbocycles. The Morgan fingerprint density at radius 3 is 2.78 bits per heavy atom.